The molecule has 2 aromatic carbocycles. The van der Waals surface area contributed by atoms with E-state index in [4.69, 9.17) is 4.74 Å². The van der Waals surface area contributed by atoms with Crippen LogP contribution in [0.1, 0.15) is 35.1 Å². The van der Waals surface area contributed by atoms with Gasteiger partial charge in [-0.1, -0.05) is 37.6 Å². The van der Waals surface area contributed by atoms with Crippen LogP contribution in [0.4, 0.5) is 0 Å². The van der Waals surface area contributed by atoms with Crippen LogP contribution in [0.15, 0.2) is 36.4 Å². The lowest BCUT2D eigenvalue weighted by Gasteiger charge is -2.14. The van der Waals surface area contributed by atoms with Crippen LogP contribution in [0.2, 0.25) is 0 Å². The third-order valence-electron chi connectivity index (χ3n) is 3.68. The Morgan fingerprint density at radius 3 is 2.35 bits per heavy atom. The molecule has 0 aromatic heterocycles. The van der Waals surface area contributed by atoms with Crippen LogP contribution in [0.3, 0.4) is 0 Å². The monoisotopic (exact) mass is 267 g/mol. The molecule has 2 aromatic rings. The highest BCUT2D eigenvalue weighted by Crippen LogP contribution is 2.30. The number of hydrogen-bond donors (Lipinski definition) is 0. The van der Waals surface area contributed by atoms with E-state index in [1.807, 2.05) is 12.1 Å². The Bertz CT molecular complexity index is 584. The Morgan fingerprint density at radius 2 is 1.60 bits per heavy atom. The molecule has 20 heavy (non-hydrogen) atoms. The van der Waals surface area contributed by atoms with E-state index in [0.717, 1.165) is 30.8 Å². The minimum atomic E-state index is 0.954. The van der Waals surface area contributed by atoms with E-state index in [0.29, 0.717) is 0 Å². The van der Waals surface area contributed by atoms with Crippen molar-refractivity contribution in [3.05, 3.63) is 65.6 Å². The van der Waals surface area contributed by atoms with Gasteiger partial charge >= 0.3 is 0 Å². The molecule has 105 valence electrons. The lowest BCUT2D eigenvalue weighted by Crippen LogP contribution is -1.95. The maximum Gasteiger partial charge on any atom is 0.130 e. The summed E-state index contributed by atoms with van der Waals surface area (Å²) in [5.74, 6) is 1.92. The Morgan fingerprint density at radius 1 is 0.900 bits per heavy atom. The lowest BCUT2D eigenvalue weighted by molar-refractivity contribution is 0.471. The van der Waals surface area contributed by atoms with E-state index in [9.17, 15) is 0 Å². The maximum atomic E-state index is 6.15. The Balaban J connectivity index is 2.28. The van der Waals surface area contributed by atoms with Crippen molar-refractivity contribution in [2.24, 2.45) is 0 Å². The third-order valence-corrected chi connectivity index (χ3v) is 3.68. The van der Waals surface area contributed by atoms with Crippen molar-refractivity contribution in [3.8, 4) is 11.5 Å². The number of hydrogen-bond acceptors (Lipinski definition) is 1. The summed E-state index contributed by atoms with van der Waals surface area (Å²) in [6.07, 6.45) is 3.06. The molecule has 0 spiro atoms. The average Bonchev–Trinajstić information content (AvgIpc) is 2.44. The van der Waals surface area contributed by atoms with Crippen molar-refractivity contribution in [3.63, 3.8) is 0 Å². The highest BCUT2D eigenvalue weighted by atomic mass is 16.5. The van der Waals surface area contributed by atoms with E-state index < -0.39 is 0 Å². The van der Waals surface area contributed by atoms with Gasteiger partial charge in [0.15, 0.2) is 0 Å². The normalized spacial score (nSPS) is 10.6. The first-order valence-corrected chi connectivity index (χ1v) is 7.24. The maximum absolute atomic E-state index is 6.15. The molecule has 1 nitrogen and oxygen atoms in total. The van der Waals surface area contributed by atoms with Crippen LogP contribution in [0.5, 0.6) is 11.5 Å². The number of ether oxygens (including phenoxy) is 1. The Labute approximate surface area is 122 Å². The standard InChI is InChI=1S/C19H23O/c1-5-6-9-17-10-7-8-11-18(17)20-19-13-15(3)14(2)12-16(19)4/h7-8,10-13H,1,5-6,9H2,2-4H3. The van der Waals surface area contributed by atoms with E-state index in [-0.39, 0.29) is 0 Å². The minimum Gasteiger partial charge on any atom is -0.457 e. The molecule has 0 bridgehead atoms. The predicted molar refractivity (Wildman–Crippen MR) is 85.5 cm³/mol. The molecule has 0 atom stereocenters. The second-order valence-electron chi connectivity index (χ2n) is 5.37. The molecular formula is C19H23O. The highest BCUT2D eigenvalue weighted by molar-refractivity contribution is 5.45. The molecule has 0 aliphatic carbocycles. The van der Waals surface area contributed by atoms with Crippen LogP contribution in [0.25, 0.3) is 0 Å². The first kappa shape index (κ1) is 14.6. The SMILES string of the molecule is [CH2]CCCc1ccccc1Oc1cc(C)c(C)cc1C. The molecule has 0 saturated carbocycles. The zero-order chi connectivity index (χ0) is 14.5. The predicted octanol–water partition coefficient (Wildman–Crippen LogP) is 5.56. The molecule has 0 aliphatic heterocycles. The summed E-state index contributed by atoms with van der Waals surface area (Å²) in [7, 11) is 0. The van der Waals surface area contributed by atoms with Gasteiger partial charge in [0.25, 0.3) is 0 Å². The van der Waals surface area contributed by atoms with E-state index in [2.05, 4.69) is 52.0 Å². The summed E-state index contributed by atoms with van der Waals surface area (Å²) < 4.78 is 6.15. The lowest BCUT2D eigenvalue weighted by atomic mass is 10.1. The topological polar surface area (TPSA) is 9.23 Å². The van der Waals surface area contributed by atoms with Crippen LogP contribution >= 0.6 is 0 Å². The summed E-state index contributed by atoms with van der Waals surface area (Å²) in [6.45, 7) is 10.3. The number of rotatable bonds is 5. The summed E-state index contributed by atoms with van der Waals surface area (Å²) in [5, 5.41) is 0. The van der Waals surface area contributed by atoms with Gasteiger partial charge in [-0.3, -0.25) is 0 Å². The number of unbranched alkanes of at least 4 members (excludes halogenated alkanes) is 1. The van der Waals surface area contributed by atoms with Crippen molar-refractivity contribution in [1.82, 2.24) is 0 Å². The molecule has 2 rings (SSSR count). The summed E-state index contributed by atoms with van der Waals surface area (Å²) in [5.41, 5.74) is 5.01. The van der Waals surface area contributed by atoms with Gasteiger partial charge in [0.2, 0.25) is 0 Å². The largest absolute Gasteiger partial charge is 0.457 e. The van der Waals surface area contributed by atoms with Gasteiger partial charge in [-0.2, -0.15) is 0 Å². The fourth-order valence-electron chi connectivity index (χ4n) is 2.29. The molecule has 0 fully saturated rings. The molecule has 0 saturated heterocycles. The van der Waals surface area contributed by atoms with Crippen LogP contribution in [0, 0.1) is 27.7 Å². The first-order valence-electron chi connectivity index (χ1n) is 7.24. The van der Waals surface area contributed by atoms with Gasteiger partial charge in [-0.05, 0) is 68.0 Å². The highest BCUT2D eigenvalue weighted by Gasteiger charge is 2.07. The van der Waals surface area contributed by atoms with Gasteiger partial charge in [0, 0.05) is 0 Å². The quantitative estimate of drug-likeness (QED) is 0.689. The van der Waals surface area contributed by atoms with Gasteiger partial charge in [-0.25, -0.2) is 0 Å². The number of aryl methyl sites for hydroxylation is 4. The van der Waals surface area contributed by atoms with Crippen molar-refractivity contribution < 1.29 is 4.74 Å². The summed E-state index contributed by atoms with van der Waals surface area (Å²) in [6, 6.07) is 12.6. The second kappa shape index (κ2) is 6.60. The van der Waals surface area contributed by atoms with E-state index in [1.54, 1.807) is 0 Å². The number of para-hydroxylation sites is 1. The minimum absolute atomic E-state index is 0.954. The fraction of sp³-hybridized carbons (Fsp3) is 0.316. The molecular weight excluding hydrogens is 244 g/mol. The Hall–Kier alpha value is -1.76. The van der Waals surface area contributed by atoms with Crippen molar-refractivity contribution in [2.45, 2.75) is 40.0 Å². The second-order valence-corrected chi connectivity index (χ2v) is 5.37. The molecule has 0 aliphatic rings. The molecule has 1 heteroatoms. The Kier molecular flexibility index (Phi) is 4.84. The summed E-state index contributed by atoms with van der Waals surface area (Å²) in [4.78, 5) is 0. The van der Waals surface area contributed by atoms with Gasteiger partial charge < -0.3 is 4.74 Å². The fourth-order valence-corrected chi connectivity index (χ4v) is 2.29. The van der Waals surface area contributed by atoms with E-state index in [1.165, 1.54) is 22.3 Å². The van der Waals surface area contributed by atoms with Crippen molar-refractivity contribution in [1.29, 1.82) is 0 Å². The molecule has 1 radical (unpaired) electrons. The average molecular weight is 267 g/mol. The molecule has 0 amide bonds. The first-order chi connectivity index (χ1) is 9.61. The van der Waals surface area contributed by atoms with Crippen LogP contribution in [-0.2, 0) is 6.42 Å². The smallest absolute Gasteiger partial charge is 0.130 e. The zero-order valence-electron chi connectivity index (χ0n) is 12.7. The summed E-state index contributed by atoms with van der Waals surface area (Å²) >= 11 is 0. The molecule has 0 N–H and O–H groups in total. The van der Waals surface area contributed by atoms with Crippen LogP contribution in [-0.4, -0.2) is 0 Å². The molecule has 0 unspecified atom stereocenters. The van der Waals surface area contributed by atoms with Gasteiger partial charge in [0.1, 0.15) is 11.5 Å². The van der Waals surface area contributed by atoms with Gasteiger partial charge in [-0.15, -0.1) is 0 Å². The van der Waals surface area contributed by atoms with E-state index >= 15 is 0 Å². The zero-order valence-corrected chi connectivity index (χ0v) is 12.7. The van der Waals surface area contributed by atoms with Crippen LogP contribution < -0.4 is 4.74 Å². The van der Waals surface area contributed by atoms with Gasteiger partial charge in [0.05, 0.1) is 0 Å². The van der Waals surface area contributed by atoms with Crippen molar-refractivity contribution >= 4 is 0 Å². The van der Waals surface area contributed by atoms with Crippen molar-refractivity contribution in [2.75, 3.05) is 0 Å². The third kappa shape index (κ3) is 3.41. The number of benzene rings is 2. The molecule has 0 heterocycles.